The monoisotopic (exact) mass is 259 g/mol. The molecule has 0 fully saturated rings. The first kappa shape index (κ1) is 14.5. The van der Waals surface area contributed by atoms with Gasteiger partial charge in [-0.1, -0.05) is 13.8 Å². The molecule has 1 rings (SSSR count). The lowest BCUT2D eigenvalue weighted by atomic mass is 10.2. The molecule has 96 valence electrons. The Labute approximate surface area is 106 Å². The highest BCUT2D eigenvalue weighted by atomic mass is 32.2. The largest absolute Gasteiger partial charge is 0.316 e. The summed E-state index contributed by atoms with van der Waals surface area (Å²) in [5.41, 5.74) is 0.635. The maximum atomic E-state index is 13.7. The standard InChI is InChI=1S/C13H19F2NS/c1-9(2)4-5-17-13-11(14)6-10(8-16-3)7-12(13)15/h6-7,9,16H,4-5,8H2,1-3H3. The lowest BCUT2D eigenvalue weighted by molar-refractivity contribution is 0.535. The molecular weight excluding hydrogens is 240 g/mol. The third-order valence-corrected chi connectivity index (χ3v) is 3.50. The van der Waals surface area contributed by atoms with Gasteiger partial charge in [-0.15, -0.1) is 11.8 Å². The number of rotatable bonds is 6. The summed E-state index contributed by atoms with van der Waals surface area (Å²) in [7, 11) is 1.75. The minimum absolute atomic E-state index is 0.144. The van der Waals surface area contributed by atoms with Crippen molar-refractivity contribution in [1.29, 1.82) is 0 Å². The molecule has 1 aromatic carbocycles. The number of benzene rings is 1. The first-order valence-corrected chi connectivity index (χ1v) is 6.78. The molecule has 1 aromatic rings. The quantitative estimate of drug-likeness (QED) is 0.779. The SMILES string of the molecule is CNCc1cc(F)c(SCCC(C)C)c(F)c1. The second-order valence-electron chi connectivity index (χ2n) is 4.45. The second kappa shape index (κ2) is 6.97. The molecule has 0 unspecified atom stereocenters. The molecule has 0 aliphatic rings. The third-order valence-electron chi connectivity index (χ3n) is 2.38. The minimum atomic E-state index is -0.455. The number of hydrogen-bond donors (Lipinski definition) is 1. The predicted molar refractivity (Wildman–Crippen MR) is 69.3 cm³/mol. The zero-order chi connectivity index (χ0) is 12.8. The minimum Gasteiger partial charge on any atom is -0.316 e. The first-order chi connectivity index (χ1) is 8.04. The Bertz CT molecular complexity index is 343. The van der Waals surface area contributed by atoms with Crippen molar-refractivity contribution in [3.05, 3.63) is 29.3 Å². The van der Waals surface area contributed by atoms with Gasteiger partial charge < -0.3 is 5.32 Å². The van der Waals surface area contributed by atoms with Crippen LogP contribution in [0.2, 0.25) is 0 Å². The summed E-state index contributed by atoms with van der Waals surface area (Å²) >= 11 is 1.26. The van der Waals surface area contributed by atoms with Gasteiger partial charge in [0.2, 0.25) is 0 Å². The molecule has 4 heteroatoms. The van der Waals surface area contributed by atoms with Crippen LogP contribution in [-0.4, -0.2) is 12.8 Å². The number of nitrogens with one attached hydrogen (secondary N) is 1. The van der Waals surface area contributed by atoms with Crippen molar-refractivity contribution in [1.82, 2.24) is 5.32 Å². The van der Waals surface area contributed by atoms with Crippen molar-refractivity contribution in [2.24, 2.45) is 5.92 Å². The van der Waals surface area contributed by atoms with Gasteiger partial charge in [-0.25, -0.2) is 8.78 Å². The van der Waals surface area contributed by atoms with Crippen molar-refractivity contribution in [2.75, 3.05) is 12.8 Å². The fourth-order valence-corrected chi connectivity index (χ4v) is 2.64. The summed E-state index contributed by atoms with van der Waals surface area (Å²) in [6.07, 6.45) is 0.960. The molecule has 17 heavy (non-hydrogen) atoms. The van der Waals surface area contributed by atoms with Crippen molar-refractivity contribution < 1.29 is 8.78 Å². The Morgan fingerprint density at radius 2 is 1.82 bits per heavy atom. The topological polar surface area (TPSA) is 12.0 Å². The Balaban J connectivity index is 2.72. The average molecular weight is 259 g/mol. The zero-order valence-corrected chi connectivity index (χ0v) is 11.3. The van der Waals surface area contributed by atoms with E-state index in [1.165, 1.54) is 23.9 Å². The van der Waals surface area contributed by atoms with Crippen LogP contribution < -0.4 is 5.32 Å². The van der Waals surface area contributed by atoms with Crippen LogP contribution in [0.3, 0.4) is 0 Å². The number of hydrogen-bond acceptors (Lipinski definition) is 2. The highest BCUT2D eigenvalue weighted by Gasteiger charge is 2.11. The molecule has 0 bridgehead atoms. The number of halogens is 2. The molecule has 0 radical (unpaired) electrons. The smallest absolute Gasteiger partial charge is 0.140 e. The Kier molecular flexibility index (Phi) is 5.92. The fraction of sp³-hybridized carbons (Fsp3) is 0.538. The maximum Gasteiger partial charge on any atom is 0.140 e. The van der Waals surface area contributed by atoms with Crippen molar-refractivity contribution in [3.8, 4) is 0 Å². The van der Waals surface area contributed by atoms with Gasteiger partial charge in [0.15, 0.2) is 0 Å². The highest BCUT2D eigenvalue weighted by Crippen LogP contribution is 2.27. The van der Waals surface area contributed by atoms with Crippen LogP contribution in [0.1, 0.15) is 25.8 Å². The fourth-order valence-electron chi connectivity index (χ4n) is 1.45. The summed E-state index contributed by atoms with van der Waals surface area (Å²) in [6.45, 7) is 4.68. The first-order valence-electron chi connectivity index (χ1n) is 5.80. The van der Waals surface area contributed by atoms with Gasteiger partial charge in [0, 0.05) is 6.54 Å². The Morgan fingerprint density at radius 1 is 1.24 bits per heavy atom. The van der Waals surface area contributed by atoms with Crippen molar-refractivity contribution >= 4 is 11.8 Å². The van der Waals surface area contributed by atoms with E-state index in [2.05, 4.69) is 19.2 Å². The van der Waals surface area contributed by atoms with Gasteiger partial charge >= 0.3 is 0 Å². The van der Waals surface area contributed by atoms with E-state index in [0.717, 1.165) is 12.2 Å². The van der Waals surface area contributed by atoms with E-state index in [0.29, 0.717) is 18.0 Å². The lowest BCUT2D eigenvalue weighted by Gasteiger charge is -2.08. The zero-order valence-electron chi connectivity index (χ0n) is 10.5. The van der Waals surface area contributed by atoms with E-state index in [1.54, 1.807) is 7.05 Å². The van der Waals surface area contributed by atoms with Crippen LogP contribution in [-0.2, 0) is 6.54 Å². The Morgan fingerprint density at radius 3 is 2.29 bits per heavy atom. The Hall–Kier alpha value is -0.610. The predicted octanol–water partition coefficient (Wildman–Crippen LogP) is 3.82. The summed E-state index contributed by atoms with van der Waals surface area (Å²) in [5, 5.41) is 2.88. The third kappa shape index (κ3) is 4.64. The van der Waals surface area contributed by atoms with E-state index in [4.69, 9.17) is 0 Å². The maximum absolute atomic E-state index is 13.7. The van der Waals surface area contributed by atoms with Gasteiger partial charge in [-0.2, -0.15) is 0 Å². The molecule has 0 amide bonds. The van der Waals surface area contributed by atoms with Crippen molar-refractivity contribution in [2.45, 2.75) is 31.7 Å². The van der Waals surface area contributed by atoms with Crippen LogP contribution in [0.4, 0.5) is 8.78 Å². The van der Waals surface area contributed by atoms with Crippen LogP contribution in [0, 0.1) is 17.6 Å². The summed E-state index contributed by atoms with van der Waals surface area (Å²) in [5.74, 6) is 0.391. The molecule has 0 saturated heterocycles. The van der Waals surface area contributed by atoms with Crippen molar-refractivity contribution in [3.63, 3.8) is 0 Å². The molecule has 0 heterocycles. The summed E-state index contributed by atoms with van der Waals surface area (Å²) < 4.78 is 27.3. The van der Waals surface area contributed by atoms with E-state index in [1.807, 2.05) is 0 Å². The molecule has 0 saturated carbocycles. The lowest BCUT2D eigenvalue weighted by Crippen LogP contribution is -2.06. The normalized spacial score (nSPS) is 11.2. The molecule has 0 spiro atoms. The van der Waals surface area contributed by atoms with Crippen LogP contribution >= 0.6 is 11.8 Å². The highest BCUT2D eigenvalue weighted by molar-refractivity contribution is 7.99. The average Bonchev–Trinajstić information content (AvgIpc) is 2.22. The van der Waals surface area contributed by atoms with Crippen LogP contribution in [0.5, 0.6) is 0 Å². The number of thioether (sulfide) groups is 1. The summed E-state index contributed by atoms with van der Waals surface area (Å²) in [6, 6.07) is 2.80. The molecule has 1 N–H and O–H groups in total. The van der Waals surface area contributed by atoms with Gasteiger partial charge in [0.05, 0.1) is 4.90 Å². The molecule has 0 atom stereocenters. The van der Waals surface area contributed by atoms with E-state index in [9.17, 15) is 8.78 Å². The van der Waals surface area contributed by atoms with E-state index in [-0.39, 0.29) is 4.90 Å². The summed E-state index contributed by atoms with van der Waals surface area (Å²) in [4.78, 5) is 0.144. The van der Waals surface area contributed by atoms with Gasteiger partial charge in [0.25, 0.3) is 0 Å². The van der Waals surface area contributed by atoms with Crippen LogP contribution in [0.25, 0.3) is 0 Å². The van der Waals surface area contributed by atoms with Gasteiger partial charge in [0.1, 0.15) is 11.6 Å². The molecule has 0 aliphatic carbocycles. The molecule has 0 aromatic heterocycles. The van der Waals surface area contributed by atoms with E-state index < -0.39 is 11.6 Å². The second-order valence-corrected chi connectivity index (χ2v) is 5.56. The molecule has 1 nitrogen and oxygen atoms in total. The molecular formula is C13H19F2NS. The van der Waals surface area contributed by atoms with Gasteiger partial charge in [-0.3, -0.25) is 0 Å². The molecule has 0 aliphatic heterocycles. The van der Waals surface area contributed by atoms with E-state index >= 15 is 0 Å². The van der Waals surface area contributed by atoms with Crippen LogP contribution in [0.15, 0.2) is 17.0 Å². The van der Waals surface area contributed by atoms with Gasteiger partial charge in [-0.05, 0) is 42.8 Å².